The van der Waals surface area contributed by atoms with E-state index in [2.05, 4.69) is 0 Å². The summed E-state index contributed by atoms with van der Waals surface area (Å²) < 4.78 is 36.0. The van der Waals surface area contributed by atoms with Gasteiger partial charge in [0, 0.05) is 24.1 Å². The number of carbonyl (C=O) groups is 1. The number of hydrogen-bond acceptors (Lipinski definition) is 6. The van der Waals surface area contributed by atoms with Crippen molar-refractivity contribution in [3.8, 4) is 17.2 Å². The van der Waals surface area contributed by atoms with E-state index >= 15 is 0 Å². The fourth-order valence-corrected chi connectivity index (χ4v) is 4.96. The number of fused-ring (bicyclic) bond motifs is 2. The molecule has 38 heavy (non-hydrogen) atoms. The van der Waals surface area contributed by atoms with Gasteiger partial charge in [-0.3, -0.25) is 4.79 Å². The number of aryl methyl sites for hydroxylation is 1. The number of carbonyl (C=O) groups excluding carboxylic acids is 1. The summed E-state index contributed by atoms with van der Waals surface area (Å²) in [5, 5.41) is 0.827. The van der Waals surface area contributed by atoms with Crippen LogP contribution in [-0.4, -0.2) is 38.2 Å². The van der Waals surface area contributed by atoms with Crippen LogP contribution in [0.4, 0.5) is 4.39 Å². The molecule has 0 unspecified atom stereocenters. The number of benzene rings is 3. The van der Waals surface area contributed by atoms with Crippen molar-refractivity contribution in [1.82, 2.24) is 4.90 Å². The maximum atomic E-state index is 13.5. The summed E-state index contributed by atoms with van der Waals surface area (Å²) in [6, 6.07) is 16.2. The Balaban J connectivity index is 1.47. The lowest BCUT2D eigenvalue weighted by atomic mass is 9.91. The zero-order valence-electron chi connectivity index (χ0n) is 21.5. The number of halogens is 1. The lowest BCUT2D eigenvalue weighted by Gasteiger charge is -2.37. The minimum atomic E-state index is -0.424. The zero-order chi connectivity index (χ0) is 26.8. The molecule has 2 heterocycles. The first kappa shape index (κ1) is 25.3. The first-order valence-corrected chi connectivity index (χ1v) is 12.3. The first-order valence-electron chi connectivity index (χ1n) is 12.3. The van der Waals surface area contributed by atoms with Crippen molar-refractivity contribution in [2.45, 2.75) is 25.8 Å². The molecule has 4 aromatic rings. The van der Waals surface area contributed by atoms with Gasteiger partial charge in [0.25, 0.3) is 0 Å². The van der Waals surface area contributed by atoms with Gasteiger partial charge in [0.2, 0.25) is 5.91 Å². The number of hydrogen-bond donors (Lipinski definition) is 0. The third-order valence-electron chi connectivity index (χ3n) is 6.92. The maximum Gasteiger partial charge on any atom is 0.336 e. The highest BCUT2D eigenvalue weighted by molar-refractivity contribution is 5.81. The smallest absolute Gasteiger partial charge is 0.336 e. The molecule has 3 aromatic carbocycles. The summed E-state index contributed by atoms with van der Waals surface area (Å²) in [7, 11) is 3.16. The van der Waals surface area contributed by atoms with Gasteiger partial charge in [-0.05, 0) is 72.0 Å². The van der Waals surface area contributed by atoms with Gasteiger partial charge in [0.1, 0.15) is 23.8 Å². The molecule has 1 amide bonds. The summed E-state index contributed by atoms with van der Waals surface area (Å²) in [6.45, 7) is 2.51. The second kappa shape index (κ2) is 10.6. The number of amides is 1. The van der Waals surface area contributed by atoms with Gasteiger partial charge in [0.15, 0.2) is 11.5 Å². The van der Waals surface area contributed by atoms with Gasteiger partial charge in [-0.25, -0.2) is 9.18 Å². The van der Waals surface area contributed by atoms with Crippen molar-refractivity contribution in [2.75, 3.05) is 27.4 Å². The molecule has 0 aliphatic carbocycles. The van der Waals surface area contributed by atoms with Crippen LogP contribution in [0.25, 0.3) is 11.0 Å². The van der Waals surface area contributed by atoms with Crippen molar-refractivity contribution >= 4 is 16.9 Å². The second-order valence-electron chi connectivity index (χ2n) is 9.28. The molecular weight excluding hydrogens is 489 g/mol. The van der Waals surface area contributed by atoms with Crippen LogP contribution < -0.4 is 19.8 Å². The minimum absolute atomic E-state index is 0.0919. The average molecular weight is 518 g/mol. The number of methoxy groups -OCH3 is 2. The lowest BCUT2D eigenvalue weighted by Crippen LogP contribution is -2.43. The van der Waals surface area contributed by atoms with Crippen LogP contribution >= 0.6 is 0 Å². The van der Waals surface area contributed by atoms with Gasteiger partial charge in [0.05, 0.1) is 26.7 Å². The van der Waals surface area contributed by atoms with Gasteiger partial charge in [-0.2, -0.15) is 0 Å². The first-order chi connectivity index (χ1) is 18.4. The Morgan fingerprint density at radius 1 is 1.03 bits per heavy atom. The fourth-order valence-electron chi connectivity index (χ4n) is 4.96. The highest BCUT2D eigenvalue weighted by Crippen LogP contribution is 2.39. The molecule has 196 valence electrons. The highest BCUT2D eigenvalue weighted by atomic mass is 19.1. The monoisotopic (exact) mass is 517 g/mol. The Kier molecular flexibility index (Phi) is 7.05. The third kappa shape index (κ3) is 5.07. The Labute approximate surface area is 219 Å². The summed E-state index contributed by atoms with van der Waals surface area (Å²) >= 11 is 0. The molecule has 0 N–H and O–H groups in total. The van der Waals surface area contributed by atoms with Crippen LogP contribution in [-0.2, 0) is 17.6 Å². The van der Waals surface area contributed by atoms with E-state index in [0.29, 0.717) is 35.8 Å². The Bertz CT molecular complexity index is 1550. The molecule has 7 nitrogen and oxygen atoms in total. The molecule has 0 bridgehead atoms. The van der Waals surface area contributed by atoms with Gasteiger partial charge in [-0.15, -0.1) is 0 Å². The molecule has 1 aliphatic rings. The van der Waals surface area contributed by atoms with Crippen LogP contribution in [0.1, 0.15) is 28.3 Å². The van der Waals surface area contributed by atoms with E-state index in [9.17, 15) is 14.0 Å². The number of nitrogens with zero attached hydrogens (tertiary/aromatic N) is 1. The fraction of sp³-hybridized carbons (Fsp3) is 0.267. The molecule has 1 aliphatic heterocycles. The minimum Gasteiger partial charge on any atom is -0.493 e. The molecule has 0 fully saturated rings. The average Bonchev–Trinajstić information content (AvgIpc) is 2.91. The van der Waals surface area contributed by atoms with E-state index in [0.717, 1.165) is 27.6 Å². The number of rotatable bonds is 7. The standard InChI is InChI=1S/C30H28FNO6/c1-18-12-30(34)38-26-15-22(8-9-23(18)26)37-17-25-24-16-28(36-3)27(35-2)14-20(24)10-11-32(25)29(33)13-19-4-6-21(31)7-5-19/h4-9,12,14-16,25H,10-11,13,17H2,1-3H3/t25-/m1/s1. The van der Waals surface area contributed by atoms with Crippen molar-refractivity contribution in [3.05, 3.63) is 99.2 Å². The van der Waals surface area contributed by atoms with Crippen molar-refractivity contribution in [2.24, 2.45) is 0 Å². The molecular formula is C30H28FNO6. The van der Waals surface area contributed by atoms with Crippen molar-refractivity contribution < 1.29 is 27.8 Å². The van der Waals surface area contributed by atoms with Crippen LogP contribution in [0.2, 0.25) is 0 Å². The molecule has 1 aromatic heterocycles. The third-order valence-corrected chi connectivity index (χ3v) is 6.92. The van der Waals surface area contributed by atoms with Crippen LogP contribution in [0.5, 0.6) is 17.2 Å². The molecule has 5 rings (SSSR count). The Morgan fingerprint density at radius 3 is 2.50 bits per heavy atom. The molecule has 0 saturated heterocycles. The quantitative estimate of drug-likeness (QED) is 0.321. The summed E-state index contributed by atoms with van der Waals surface area (Å²) in [4.78, 5) is 27.1. The van der Waals surface area contributed by atoms with E-state index in [1.54, 1.807) is 37.3 Å². The molecule has 1 atom stereocenters. The van der Waals surface area contributed by atoms with E-state index in [-0.39, 0.29) is 24.8 Å². The Morgan fingerprint density at radius 2 is 1.76 bits per heavy atom. The predicted octanol–water partition coefficient (Wildman–Crippen LogP) is 5.01. The van der Waals surface area contributed by atoms with E-state index in [1.165, 1.54) is 18.2 Å². The summed E-state index contributed by atoms with van der Waals surface area (Å²) in [6.07, 6.45) is 0.779. The Hall–Kier alpha value is -4.33. The van der Waals surface area contributed by atoms with E-state index in [4.69, 9.17) is 18.6 Å². The van der Waals surface area contributed by atoms with E-state index < -0.39 is 11.7 Å². The van der Waals surface area contributed by atoms with Gasteiger partial charge >= 0.3 is 5.63 Å². The zero-order valence-corrected chi connectivity index (χ0v) is 21.5. The molecule has 0 saturated carbocycles. The van der Waals surface area contributed by atoms with Gasteiger partial charge < -0.3 is 23.5 Å². The second-order valence-corrected chi connectivity index (χ2v) is 9.28. The molecule has 0 spiro atoms. The van der Waals surface area contributed by atoms with Crippen LogP contribution in [0.15, 0.2) is 69.9 Å². The van der Waals surface area contributed by atoms with Gasteiger partial charge in [-0.1, -0.05) is 12.1 Å². The SMILES string of the molecule is COc1cc2c(cc1OC)[C@@H](COc1ccc3c(C)cc(=O)oc3c1)N(C(=O)Cc1ccc(F)cc1)CC2. The maximum absolute atomic E-state index is 13.5. The molecule has 0 radical (unpaired) electrons. The number of ether oxygens (including phenoxy) is 3. The normalized spacial score (nSPS) is 14.7. The largest absolute Gasteiger partial charge is 0.493 e. The van der Waals surface area contributed by atoms with Crippen LogP contribution in [0.3, 0.4) is 0 Å². The summed E-state index contributed by atoms with van der Waals surface area (Å²) in [5.41, 5.74) is 3.52. The highest BCUT2D eigenvalue weighted by Gasteiger charge is 2.33. The van der Waals surface area contributed by atoms with Crippen molar-refractivity contribution in [1.29, 1.82) is 0 Å². The topological polar surface area (TPSA) is 78.2 Å². The van der Waals surface area contributed by atoms with Crippen LogP contribution in [0, 0.1) is 12.7 Å². The predicted molar refractivity (Wildman–Crippen MR) is 141 cm³/mol. The lowest BCUT2D eigenvalue weighted by molar-refractivity contribution is -0.134. The summed E-state index contributed by atoms with van der Waals surface area (Å²) in [5.74, 6) is 1.27. The molecule has 8 heteroatoms. The van der Waals surface area contributed by atoms with Crippen molar-refractivity contribution in [3.63, 3.8) is 0 Å². The van der Waals surface area contributed by atoms with E-state index in [1.807, 2.05) is 31.2 Å².